The summed E-state index contributed by atoms with van der Waals surface area (Å²) in [6.45, 7) is 1.96. The molecule has 1 amide bonds. The first-order valence-electron chi connectivity index (χ1n) is 8.28. The summed E-state index contributed by atoms with van der Waals surface area (Å²) in [5.74, 6) is 0.623. The molecule has 0 saturated heterocycles. The van der Waals surface area contributed by atoms with E-state index < -0.39 is 0 Å². The summed E-state index contributed by atoms with van der Waals surface area (Å²) < 4.78 is 6.63. The number of benzene rings is 2. The molecule has 0 radical (unpaired) electrons. The van der Waals surface area contributed by atoms with Crippen LogP contribution in [0.2, 0.25) is 0 Å². The van der Waals surface area contributed by atoms with Gasteiger partial charge in [0.1, 0.15) is 5.75 Å². The second kappa shape index (κ2) is 8.55. The highest BCUT2D eigenvalue weighted by Crippen LogP contribution is 2.16. The van der Waals surface area contributed by atoms with Gasteiger partial charge in [0.15, 0.2) is 5.03 Å². The summed E-state index contributed by atoms with van der Waals surface area (Å²) in [6, 6.07) is 14.7. The lowest BCUT2D eigenvalue weighted by atomic mass is 10.2. The number of aromatic nitrogens is 2. The number of nitrogens with one attached hydrogen (secondary N) is 1. The second-order valence-electron chi connectivity index (χ2n) is 5.81. The first-order valence-corrected chi connectivity index (χ1v) is 9.27. The Hall–Kier alpha value is -3.06. The standard InChI is InChI=1S/C20H19N3O3S/c1-14-4-3-5-15(12-14)22-18(24)13-27-19-20(25)23(11-10-21-19)16-6-8-17(26-2)9-7-16/h3-12H,13H2,1-2H3,(H,22,24). The van der Waals surface area contributed by atoms with E-state index in [1.54, 1.807) is 43.8 Å². The van der Waals surface area contributed by atoms with Crippen molar-refractivity contribution in [1.82, 2.24) is 9.55 Å². The quantitative estimate of drug-likeness (QED) is 0.664. The average Bonchev–Trinajstić information content (AvgIpc) is 2.67. The summed E-state index contributed by atoms with van der Waals surface area (Å²) >= 11 is 1.11. The Kier molecular flexibility index (Phi) is 5.93. The van der Waals surface area contributed by atoms with Crippen molar-refractivity contribution in [1.29, 1.82) is 0 Å². The average molecular weight is 381 g/mol. The molecule has 0 fully saturated rings. The lowest BCUT2D eigenvalue weighted by molar-refractivity contribution is -0.113. The molecule has 0 aliphatic rings. The molecule has 0 aliphatic carbocycles. The van der Waals surface area contributed by atoms with Crippen LogP contribution in [0.3, 0.4) is 0 Å². The lowest BCUT2D eigenvalue weighted by Gasteiger charge is -2.09. The molecule has 7 heteroatoms. The van der Waals surface area contributed by atoms with Crippen LogP contribution in [-0.4, -0.2) is 28.3 Å². The van der Waals surface area contributed by atoms with E-state index in [1.807, 2.05) is 31.2 Å². The number of carbonyl (C=O) groups is 1. The Bertz CT molecular complexity index is 1000. The number of amides is 1. The van der Waals surface area contributed by atoms with Gasteiger partial charge in [-0.1, -0.05) is 23.9 Å². The fraction of sp³-hybridized carbons (Fsp3) is 0.150. The van der Waals surface area contributed by atoms with Gasteiger partial charge in [-0.15, -0.1) is 0 Å². The van der Waals surface area contributed by atoms with Gasteiger partial charge < -0.3 is 10.1 Å². The molecule has 0 bridgehead atoms. The number of hydrogen-bond acceptors (Lipinski definition) is 5. The molecule has 27 heavy (non-hydrogen) atoms. The van der Waals surface area contributed by atoms with Crippen molar-refractivity contribution in [2.45, 2.75) is 11.9 Å². The van der Waals surface area contributed by atoms with Crippen molar-refractivity contribution in [2.24, 2.45) is 0 Å². The highest BCUT2D eigenvalue weighted by atomic mass is 32.2. The van der Waals surface area contributed by atoms with E-state index in [1.165, 1.54) is 4.57 Å². The fourth-order valence-corrected chi connectivity index (χ4v) is 3.19. The predicted molar refractivity (Wildman–Crippen MR) is 107 cm³/mol. The molecule has 2 aromatic carbocycles. The predicted octanol–water partition coefficient (Wildman–Crippen LogP) is 3.28. The summed E-state index contributed by atoms with van der Waals surface area (Å²) in [5, 5.41) is 3.09. The number of methoxy groups -OCH3 is 1. The molecule has 6 nitrogen and oxygen atoms in total. The second-order valence-corrected chi connectivity index (χ2v) is 6.78. The van der Waals surface area contributed by atoms with Crippen molar-refractivity contribution in [3.8, 4) is 11.4 Å². The molecular weight excluding hydrogens is 362 g/mol. The Morgan fingerprint density at radius 1 is 1.22 bits per heavy atom. The Morgan fingerprint density at radius 3 is 2.70 bits per heavy atom. The number of anilines is 1. The van der Waals surface area contributed by atoms with Gasteiger partial charge in [-0.2, -0.15) is 0 Å². The van der Waals surface area contributed by atoms with Crippen LogP contribution in [0.15, 0.2) is 70.7 Å². The monoisotopic (exact) mass is 381 g/mol. The van der Waals surface area contributed by atoms with Crippen molar-refractivity contribution < 1.29 is 9.53 Å². The molecular formula is C20H19N3O3S. The molecule has 0 aliphatic heterocycles. The number of aryl methyl sites for hydroxylation is 1. The lowest BCUT2D eigenvalue weighted by Crippen LogP contribution is -2.22. The van der Waals surface area contributed by atoms with Gasteiger partial charge in [-0.3, -0.25) is 14.2 Å². The van der Waals surface area contributed by atoms with Crippen LogP contribution in [-0.2, 0) is 4.79 Å². The van der Waals surface area contributed by atoms with E-state index in [9.17, 15) is 9.59 Å². The third-order valence-electron chi connectivity index (χ3n) is 3.80. The van der Waals surface area contributed by atoms with Gasteiger partial charge in [-0.25, -0.2) is 4.98 Å². The minimum atomic E-state index is -0.268. The minimum Gasteiger partial charge on any atom is -0.497 e. The van der Waals surface area contributed by atoms with Crippen molar-refractivity contribution in [3.05, 3.63) is 76.8 Å². The number of carbonyl (C=O) groups excluding carboxylic acids is 1. The molecule has 1 heterocycles. The number of ether oxygens (including phenoxy) is 1. The fourth-order valence-electron chi connectivity index (χ4n) is 2.49. The van der Waals surface area contributed by atoms with Gasteiger partial charge in [0, 0.05) is 23.8 Å². The largest absolute Gasteiger partial charge is 0.497 e. The van der Waals surface area contributed by atoms with Crippen molar-refractivity contribution in [2.75, 3.05) is 18.2 Å². The van der Waals surface area contributed by atoms with Gasteiger partial charge in [-0.05, 0) is 48.9 Å². The maximum absolute atomic E-state index is 12.7. The zero-order chi connectivity index (χ0) is 19.2. The van der Waals surface area contributed by atoms with Gasteiger partial charge in [0.25, 0.3) is 5.56 Å². The molecule has 1 N–H and O–H groups in total. The smallest absolute Gasteiger partial charge is 0.287 e. The van der Waals surface area contributed by atoms with Crippen LogP contribution in [0.25, 0.3) is 5.69 Å². The summed E-state index contributed by atoms with van der Waals surface area (Å²) in [6.07, 6.45) is 3.15. The molecule has 1 aromatic heterocycles. The molecule has 0 spiro atoms. The summed E-state index contributed by atoms with van der Waals surface area (Å²) in [4.78, 5) is 28.9. The van der Waals surface area contributed by atoms with E-state index in [-0.39, 0.29) is 22.2 Å². The highest BCUT2D eigenvalue weighted by Gasteiger charge is 2.10. The van der Waals surface area contributed by atoms with E-state index in [0.717, 1.165) is 23.0 Å². The van der Waals surface area contributed by atoms with Crippen LogP contribution in [0.1, 0.15) is 5.56 Å². The maximum Gasteiger partial charge on any atom is 0.287 e. The SMILES string of the molecule is COc1ccc(-n2ccnc(SCC(=O)Nc3cccc(C)c3)c2=O)cc1. The minimum absolute atomic E-state index is 0.100. The van der Waals surface area contributed by atoms with Gasteiger partial charge >= 0.3 is 0 Å². The van der Waals surface area contributed by atoms with Gasteiger partial charge in [0.2, 0.25) is 5.91 Å². The zero-order valence-electron chi connectivity index (χ0n) is 15.0. The Balaban J connectivity index is 1.70. The summed E-state index contributed by atoms with van der Waals surface area (Å²) in [7, 11) is 1.59. The number of rotatable bonds is 6. The van der Waals surface area contributed by atoms with Gasteiger partial charge in [0.05, 0.1) is 12.9 Å². The van der Waals surface area contributed by atoms with E-state index >= 15 is 0 Å². The Labute approximate surface area is 161 Å². The molecule has 0 saturated carbocycles. The number of thioether (sulfide) groups is 1. The third-order valence-corrected chi connectivity index (χ3v) is 4.76. The van der Waals surface area contributed by atoms with Crippen molar-refractivity contribution in [3.63, 3.8) is 0 Å². The normalized spacial score (nSPS) is 10.4. The Morgan fingerprint density at radius 2 is 2.00 bits per heavy atom. The molecule has 138 valence electrons. The van der Waals surface area contributed by atoms with Crippen LogP contribution in [0.5, 0.6) is 5.75 Å². The summed E-state index contributed by atoms with van der Waals surface area (Å²) in [5.41, 5.74) is 2.23. The first kappa shape index (κ1) is 18.7. The molecule has 0 unspecified atom stereocenters. The third kappa shape index (κ3) is 4.77. The number of hydrogen-bond donors (Lipinski definition) is 1. The molecule has 3 aromatic rings. The van der Waals surface area contributed by atoms with Crippen LogP contribution < -0.4 is 15.6 Å². The van der Waals surface area contributed by atoms with Crippen LogP contribution >= 0.6 is 11.8 Å². The topological polar surface area (TPSA) is 73.2 Å². The first-order chi connectivity index (χ1) is 13.1. The van der Waals surface area contributed by atoms with Crippen LogP contribution in [0, 0.1) is 6.92 Å². The van der Waals surface area contributed by atoms with E-state index in [2.05, 4.69) is 10.3 Å². The van der Waals surface area contributed by atoms with Crippen LogP contribution in [0.4, 0.5) is 5.69 Å². The molecule has 0 atom stereocenters. The maximum atomic E-state index is 12.7. The number of nitrogens with zero attached hydrogens (tertiary/aromatic N) is 2. The van der Waals surface area contributed by atoms with E-state index in [4.69, 9.17) is 4.74 Å². The highest BCUT2D eigenvalue weighted by molar-refractivity contribution is 7.99. The van der Waals surface area contributed by atoms with Crippen molar-refractivity contribution >= 4 is 23.4 Å². The zero-order valence-corrected chi connectivity index (χ0v) is 15.8. The van der Waals surface area contributed by atoms with E-state index in [0.29, 0.717) is 11.4 Å². The molecule has 3 rings (SSSR count).